The highest BCUT2D eigenvalue weighted by Gasteiger charge is 2.30. The predicted molar refractivity (Wildman–Crippen MR) is 127 cm³/mol. The molecule has 0 atom stereocenters. The molecule has 0 amide bonds. The number of benzene rings is 1. The van der Waals surface area contributed by atoms with Crippen molar-refractivity contribution in [3.63, 3.8) is 0 Å². The number of nitrogens with zero attached hydrogens (tertiary/aromatic N) is 6. The smallest absolute Gasteiger partial charge is 0.306 e. The molecule has 4 aromatic rings. The average Bonchev–Trinajstić information content (AvgIpc) is 3.40. The van der Waals surface area contributed by atoms with Crippen molar-refractivity contribution in [2.45, 2.75) is 6.42 Å². The second-order valence-corrected chi connectivity index (χ2v) is 10.2. The van der Waals surface area contributed by atoms with Crippen LogP contribution in [0.15, 0.2) is 47.3 Å². The van der Waals surface area contributed by atoms with Crippen molar-refractivity contribution in [3.05, 3.63) is 47.9 Å². The van der Waals surface area contributed by atoms with Crippen LogP contribution in [0.3, 0.4) is 0 Å². The van der Waals surface area contributed by atoms with Gasteiger partial charge in [-0.3, -0.25) is 4.40 Å². The van der Waals surface area contributed by atoms with E-state index >= 15 is 0 Å². The lowest BCUT2D eigenvalue weighted by Crippen LogP contribution is -2.49. The molecule has 1 saturated heterocycles. The molecule has 5 rings (SSSR count). The van der Waals surface area contributed by atoms with Gasteiger partial charge in [0.25, 0.3) is 10.2 Å². The van der Waals surface area contributed by atoms with Crippen LogP contribution in [0.5, 0.6) is 5.75 Å². The molecule has 0 saturated carbocycles. The zero-order valence-corrected chi connectivity index (χ0v) is 19.8. The zero-order valence-electron chi connectivity index (χ0n) is 18.2. The van der Waals surface area contributed by atoms with Crippen molar-refractivity contribution in [2.75, 3.05) is 38.5 Å². The van der Waals surface area contributed by atoms with Crippen LogP contribution in [0, 0.1) is 0 Å². The molecule has 11 nitrogen and oxygen atoms in total. The number of halogens is 1. The first-order valence-corrected chi connectivity index (χ1v) is 12.4. The average molecular weight is 504 g/mol. The lowest BCUT2D eigenvalue weighted by Gasteiger charge is -2.32. The Bertz CT molecular complexity index is 1450. The number of phenolic OH excluding ortho intramolecular Hbond substituents is 1. The maximum atomic E-state index is 12.4. The molecule has 13 heteroatoms. The van der Waals surface area contributed by atoms with E-state index in [9.17, 15) is 13.5 Å². The van der Waals surface area contributed by atoms with Crippen molar-refractivity contribution in [1.82, 2.24) is 28.0 Å². The Morgan fingerprint density at radius 2 is 2.09 bits per heavy atom. The first kappa shape index (κ1) is 22.6. The summed E-state index contributed by atoms with van der Waals surface area (Å²) < 4.78 is 34.9. The third kappa shape index (κ3) is 4.09. The zero-order chi connectivity index (χ0) is 23.9. The number of hydrogen-bond acceptors (Lipinski definition) is 8. The molecule has 1 aromatic carbocycles. The van der Waals surface area contributed by atoms with E-state index in [-0.39, 0.29) is 10.8 Å². The van der Waals surface area contributed by atoms with Gasteiger partial charge in [-0.25, -0.2) is 9.97 Å². The van der Waals surface area contributed by atoms with Gasteiger partial charge in [0, 0.05) is 51.2 Å². The summed E-state index contributed by atoms with van der Waals surface area (Å²) in [4.78, 5) is 13.4. The van der Waals surface area contributed by atoms with Crippen LogP contribution >= 0.6 is 11.6 Å². The largest absolute Gasteiger partial charge is 0.506 e. The number of hydrogen-bond donors (Lipinski definition) is 2. The van der Waals surface area contributed by atoms with Gasteiger partial charge < -0.3 is 14.8 Å². The Hall–Kier alpha value is -3.19. The fourth-order valence-electron chi connectivity index (χ4n) is 3.88. The Kier molecular flexibility index (Phi) is 5.90. The molecule has 0 spiro atoms. The minimum Gasteiger partial charge on any atom is -0.506 e. The summed E-state index contributed by atoms with van der Waals surface area (Å²) in [6.45, 7) is 1.66. The van der Waals surface area contributed by atoms with Gasteiger partial charge in [-0.2, -0.15) is 22.0 Å². The number of aromatic hydroxyl groups is 1. The molecule has 0 aliphatic carbocycles. The second-order valence-electron chi connectivity index (χ2n) is 7.80. The van der Waals surface area contributed by atoms with Gasteiger partial charge >= 0.3 is 5.84 Å². The van der Waals surface area contributed by atoms with Crippen molar-refractivity contribution in [3.8, 4) is 28.4 Å². The number of fused-ring (bicyclic) bond motifs is 1. The Morgan fingerprint density at radius 3 is 2.91 bits per heavy atom. The minimum atomic E-state index is -3.43. The molecule has 0 radical (unpaired) electrons. The number of aromatic nitrogens is 4. The number of phenols is 1. The monoisotopic (exact) mass is 503 g/mol. The molecule has 3 aromatic heterocycles. The van der Waals surface area contributed by atoms with E-state index in [1.807, 2.05) is 0 Å². The summed E-state index contributed by atoms with van der Waals surface area (Å²) in [5.74, 6) is 0.661. The normalized spacial score (nSPS) is 16.8. The SMILES string of the molecule is CN1CCCN(CCNc2nccc(-c3c(-c4ccc(Cl)c(O)c4)nc4occn34)n2)S1(=O)=O. The summed E-state index contributed by atoms with van der Waals surface area (Å²) in [5, 5.41) is 13.4. The fraction of sp³-hybridized carbons (Fsp3) is 0.286. The van der Waals surface area contributed by atoms with Gasteiger partial charge in [0.2, 0.25) is 5.95 Å². The maximum absolute atomic E-state index is 12.4. The van der Waals surface area contributed by atoms with E-state index in [0.717, 1.165) is 6.42 Å². The van der Waals surface area contributed by atoms with E-state index < -0.39 is 10.2 Å². The number of rotatable bonds is 6. The molecule has 4 heterocycles. The fourth-order valence-corrected chi connectivity index (χ4v) is 5.44. The lowest BCUT2D eigenvalue weighted by molar-refractivity contribution is 0.313. The van der Waals surface area contributed by atoms with Crippen molar-refractivity contribution >= 4 is 33.6 Å². The first-order valence-electron chi connectivity index (χ1n) is 10.6. The quantitative estimate of drug-likeness (QED) is 0.411. The number of imidazole rings is 1. The molecular formula is C21H22ClN7O4S. The molecular weight excluding hydrogens is 482 g/mol. The first-order chi connectivity index (χ1) is 16.3. The minimum absolute atomic E-state index is 0.0573. The van der Waals surface area contributed by atoms with Crippen LogP contribution < -0.4 is 5.32 Å². The highest BCUT2D eigenvalue weighted by molar-refractivity contribution is 7.86. The van der Waals surface area contributed by atoms with Crippen LogP contribution in [0.1, 0.15) is 6.42 Å². The van der Waals surface area contributed by atoms with E-state index in [1.165, 1.54) is 20.9 Å². The molecule has 178 valence electrons. The Balaban J connectivity index is 1.42. The highest BCUT2D eigenvalue weighted by Crippen LogP contribution is 2.35. The highest BCUT2D eigenvalue weighted by atomic mass is 35.5. The van der Waals surface area contributed by atoms with Gasteiger partial charge in [-0.05, 0) is 24.6 Å². The summed E-state index contributed by atoms with van der Waals surface area (Å²) in [6, 6.07) is 6.62. The predicted octanol–water partition coefficient (Wildman–Crippen LogP) is 2.70. The summed E-state index contributed by atoms with van der Waals surface area (Å²) in [7, 11) is -1.84. The second kappa shape index (κ2) is 8.87. The standard InChI is InChI=1S/C21H22ClN7O4S/c1-27-8-2-9-28(34(27,31)32)10-7-24-20-23-6-5-16(25-20)19-18(26-21-29(19)11-12-33-21)14-3-4-15(22)17(30)13-14/h3-6,11-13,30H,2,7-10H2,1H3,(H,23,24,25). The van der Waals surface area contributed by atoms with E-state index in [2.05, 4.69) is 20.3 Å². The van der Waals surface area contributed by atoms with E-state index in [1.54, 1.807) is 42.0 Å². The Labute approximate surface area is 200 Å². The van der Waals surface area contributed by atoms with Gasteiger partial charge in [0.15, 0.2) is 0 Å². The number of anilines is 1. The summed E-state index contributed by atoms with van der Waals surface area (Å²) >= 11 is 5.97. The molecule has 1 aliphatic rings. The van der Waals surface area contributed by atoms with Crippen LogP contribution in [-0.2, 0) is 10.2 Å². The third-order valence-corrected chi connectivity index (χ3v) is 7.93. The third-order valence-electron chi connectivity index (χ3n) is 5.62. The van der Waals surface area contributed by atoms with Crippen LogP contribution in [0.4, 0.5) is 5.95 Å². The Morgan fingerprint density at radius 1 is 1.24 bits per heavy atom. The van der Waals surface area contributed by atoms with Crippen LogP contribution in [-0.4, -0.2) is 74.7 Å². The van der Waals surface area contributed by atoms with Crippen molar-refractivity contribution in [2.24, 2.45) is 0 Å². The lowest BCUT2D eigenvalue weighted by atomic mass is 10.1. The molecule has 34 heavy (non-hydrogen) atoms. The number of nitrogens with one attached hydrogen (secondary N) is 1. The van der Waals surface area contributed by atoms with Crippen LogP contribution in [0.2, 0.25) is 5.02 Å². The van der Waals surface area contributed by atoms with Crippen LogP contribution in [0.25, 0.3) is 28.5 Å². The molecule has 1 fully saturated rings. The van der Waals surface area contributed by atoms with E-state index in [4.69, 9.17) is 16.0 Å². The summed E-state index contributed by atoms with van der Waals surface area (Å²) in [5.41, 5.74) is 2.42. The van der Waals surface area contributed by atoms with Gasteiger partial charge in [0.05, 0.1) is 10.7 Å². The molecule has 2 N–H and O–H groups in total. The van der Waals surface area contributed by atoms with Gasteiger partial charge in [0.1, 0.15) is 23.4 Å². The summed E-state index contributed by atoms with van der Waals surface area (Å²) in [6.07, 6.45) is 5.64. The number of oxazole rings is 1. The van der Waals surface area contributed by atoms with E-state index in [0.29, 0.717) is 60.6 Å². The van der Waals surface area contributed by atoms with Crippen molar-refractivity contribution < 1.29 is 17.9 Å². The van der Waals surface area contributed by atoms with Gasteiger partial charge in [-0.1, -0.05) is 17.7 Å². The molecule has 0 bridgehead atoms. The topological polar surface area (TPSA) is 129 Å². The maximum Gasteiger partial charge on any atom is 0.306 e. The molecule has 0 unspecified atom stereocenters. The van der Waals surface area contributed by atoms with Crippen molar-refractivity contribution in [1.29, 1.82) is 0 Å². The van der Waals surface area contributed by atoms with Gasteiger partial charge in [-0.15, -0.1) is 0 Å². The molecule has 1 aliphatic heterocycles.